The van der Waals surface area contributed by atoms with Gasteiger partial charge in [0.05, 0.1) is 15.6 Å². The summed E-state index contributed by atoms with van der Waals surface area (Å²) >= 11 is 7.04. The number of azo groups is 1. The van der Waals surface area contributed by atoms with Crippen LogP contribution < -0.4 is 10.2 Å². The summed E-state index contributed by atoms with van der Waals surface area (Å²) in [6.07, 6.45) is 4.94. The molecule has 9 heteroatoms. The number of nitriles is 1. The maximum Gasteiger partial charge on any atom is 0.221 e. The van der Waals surface area contributed by atoms with Gasteiger partial charge in [-0.2, -0.15) is 5.26 Å². The van der Waals surface area contributed by atoms with Gasteiger partial charge in [0.2, 0.25) is 5.91 Å². The topological polar surface area (TPSA) is 97.9 Å². The predicted octanol–water partition coefficient (Wildman–Crippen LogP) is 6.87. The molecule has 0 spiro atoms. The number of anilines is 2. The summed E-state index contributed by atoms with van der Waals surface area (Å²) in [6.45, 7) is 7.62. The van der Waals surface area contributed by atoms with Crippen LogP contribution in [0.5, 0.6) is 0 Å². The van der Waals surface area contributed by atoms with E-state index in [2.05, 4.69) is 34.3 Å². The van der Waals surface area contributed by atoms with Crippen LogP contribution in [0.2, 0.25) is 5.02 Å². The maximum atomic E-state index is 11.8. The summed E-state index contributed by atoms with van der Waals surface area (Å²) in [6, 6.07) is 7.59. The van der Waals surface area contributed by atoms with Crippen molar-refractivity contribution in [3.8, 4) is 6.07 Å². The zero-order valence-electron chi connectivity index (χ0n) is 17.9. The van der Waals surface area contributed by atoms with E-state index in [0.29, 0.717) is 17.7 Å². The molecule has 0 aliphatic rings. The van der Waals surface area contributed by atoms with Crippen LogP contribution in [0.1, 0.15) is 61.7 Å². The summed E-state index contributed by atoms with van der Waals surface area (Å²) in [4.78, 5) is 25.4. The number of thiophene rings is 1. The number of hydrogen-bond acceptors (Lipinski definition) is 7. The Morgan fingerprint density at radius 2 is 1.94 bits per heavy atom. The highest BCUT2D eigenvalue weighted by atomic mass is 35.5. The molecule has 0 fully saturated rings. The first-order valence-corrected chi connectivity index (χ1v) is 11.4. The third kappa shape index (κ3) is 6.61. The number of unbranched alkanes of at least 4 members (excludes halogenated alkanes) is 2. The van der Waals surface area contributed by atoms with Crippen molar-refractivity contribution in [2.75, 3.05) is 23.3 Å². The molecule has 2 rings (SSSR count). The molecule has 1 N–H and O–H groups in total. The van der Waals surface area contributed by atoms with Gasteiger partial charge in [-0.3, -0.25) is 9.59 Å². The monoisotopic (exact) mass is 459 g/mol. The van der Waals surface area contributed by atoms with Gasteiger partial charge in [0.25, 0.3) is 0 Å². The smallest absolute Gasteiger partial charge is 0.221 e. The Labute approximate surface area is 191 Å². The number of benzene rings is 1. The maximum absolute atomic E-state index is 11.8. The molecule has 31 heavy (non-hydrogen) atoms. The van der Waals surface area contributed by atoms with Gasteiger partial charge in [-0.15, -0.1) is 21.6 Å². The molecule has 0 aliphatic carbocycles. The average Bonchev–Trinajstić information content (AvgIpc) is 3.07. The molecule has 7 nitrogen and oxygen atoms in total. The lowest BCUT2D eigenvalue weighted by Crippen LogP contribution is -2.25. The fourth-order valence-electron chi connectivity index (χ4n) is 2.93. The zero-order chi connectivity index (χ0) is 22.8. The molecule has 0 radical (unpaired) electrons. The number of amides is 1. The average molecular weight is 460 g/mol. The van der Waals surface area contributed by atoms with Crippen molar-refractivity contribution >= 4 is 57.2 Å². The van der Waals surface area contributed by atoms with Crippen LogP contribution in [-0.4, -0.2) is 25.3 Å². The summed E-state index contributed by atoms with van der Waals surface area (Å²) in [5.74, 6) is -0.220. The van der Waals surface area contributed by atoms with Crippen molar-refractivity contribution < 1.29 is 9.59 Å². The Balaban J connectivity index is 2.41. The summed E-state index contributed by atoms with van der Waals surface area (Å²) in [5, 5.41) is 20.8. The van der Waals surface area contributed by atoms with Gasteiger partial charge >= 0.3 is 0 Å². The number of aldehydes is 1. The number of nitrogens with zero attached hydrogens (tertiary/aromatic N) is 4. The predicted molar refractivity (Wildman–Crippen MR) is 126 cm³/mol. The number of halogens is 1. The minimum Gasteiger partial charge on any atom is -0.371 e. The number of carbonyl (C=O) groups is 2. The van der Waals surface area contributed by atoms with Gasteiger partial charge in [-0.25, -0.2) is 0 Å². The van der Waals surface area contributed by atoms with E-state index in [4.69, 9.17) is 11.6 Å². The third-order valence-corrected chi connectivity index (χ3v) is 6.05. The first-order valence-electron chi connectivity index (χ1n) is 10.2. The Morgan fingerprint density at radius 1 is 1.26 bits per heavy atom. The highest BCUT2D eigenvalue weighted by Crippen LogP contribution is 2.39. The van der Waals surface area contributed by atoms with E-state index in [1.165, 1.54) is 6.92 Å². The molecule has 0 unspecified atom stereocenters. The van der Waals surface area contributed by atoms with Crippen LogP contribution in [0.15, 0.2) is 28.4 Å². The third-order valence-electron chi connectivity index (χ3n) is 4.54. The highest BCUT2D eigenvalue weighted by molar-refractivity contribution is 7.18. The molecule has 1 heterocycles. The molecular weight excluding hydrogens is 434 g/mol. The van der Waals surface area contributed by atoms with Crippen LogP contribution >= 0.6 is 22.9 Å². The second kappa shape index (κ2) is 12.2. The Bertz CT molecular complexity index is 989. The van der Waals surface area contributed by atoms with Crippen LogP contribution in [-0.2, 0) is 4.79 Å². The van der Waals surface area contributed by atoms with E-state index in [1.807, 2.05) is 18.2 Å². The van der Waals surface area contributed by atoms with Crippen LogP contribution in [0.3, 0.4) is 0 Å². The largest absolute Gasteiger partial charge is 0.371 e. The van der Waals surface area contributed by atoms with Crippen LogP contribution in [0.4, 0.5) is 22.1 Å². The Kier molecular flexibility index (Phi) is 9.63. The number of rotatable bonds is 11. The first-order chi connectivity index (χ1) is 14.9. The molecule has 1 amide bonds. The quantitative estimate of drug-likeness (QED) is 0.293. The van der Waals surface area contributed by atoms with Crippen molar-refractivity contribution in [1.82, 2.24) is 0 Å². The molecule has 0 atom stereocenters. The second-order valence-corrected chi connectivity index (χ2v) is 8.38. The van der Waals surface area contributed by atoms with Gasteiger partial charge in [-0.05, 0) is 31.0 Å². The van der Waals surface area contributed by atoms with E-state index in [1.54, 1.807) is 6.07 Å². The lowest BCUT2D eigenvalue weighted by Gasteiger charge is -2.25. The molecule has 0 bridgehead atoms. The standard InChI is InChI=1S/C22H26ClN5O2S/c1-4-6-10-28(11-7-5-2)16-8-9-18(19(12-16)25-15(3)30)26-27-22-17(13-24)21(23)20(14-29)31-22/h8-9,12,14H,4-7,10-11H2,1-3H3,(H,25,30). The second-order valence-electron chi connectivity index (χ2n) is 6.97. The van der Waals surface area contributed by atoms with E-state index in [9.17, 15) is 14.9 Å². The fraction of sp³-hybridized carbons (Fsp3) is 0.409. The zero-order valence-corrected chi connectivity index (χ0v) is 19.5. The van der Waals surface area contributed by atoms with E-state index in [0.717, 1.165) is 55.8 Å². The van der Waals surface area contributed by atoms with Gasteiger partial charge in [0.15, 0.2) is 11.3 Å². The van der Waals surface area contributed by atoms with Crippen molar-refractivity contribution in [1.29, 1.82) is 5.26 Å². The molecule has 0 saturated carbocycles. The summed E-state index contributed by atoms with van der Waals surface area (Å²) in [5.41, 5.74) is 2.10. The Morgan fingerprint density at radius 3 is 2.48 bits per heavy atom. The van der Waals surface area contributed by atoms with Gasteiger partial charge in [0, 0.05) is 25.7 Å². The molecule has 1 aromatic heterocycles. The van der Waals surface area contributed by atoms with Crippen molar-refractivity contribution in [3.63, 3.8) is 0 Å². The van der Waals surface area contributed by atoms with Gasteiger partial charge in [-0.1, -0.05) is 38.3 Å². The Hall–Kier alpha value is -2.76. The lowest BCUT2D eigenvalue weighted by molar-refractivity contribution is -0.114. The summed E-state index contributed by atoms with van der Waals surface area (Å²) < 4.78 is 0. The van der Waals surface area contributed by atoms with Crippen molar-refractivity contribution in [3.05, 3.63) is 33.7 Å². The van der Waals surface area contributed by atoms with Gasteiger partial charge < -0.3 is 10.2 Å². The van der Waals surface area contributed by atoms with Gasteiger partial charge in [0.1, 0.15) is 17.3 Å². The van der Waals surface area contributed by atoms with Crippen LogP contribution in [0, 0.1) is 11.3 Å². The SMILES string of the molecule is CCCCN(CCCC)c1ccc(N=Nc2sc(C=O)c(Cl)c2C#N)c(NC(C)=O)c1. The molecule has 164 valence electrons. The molecule has 2 aromatic rings. The lowest BCUT2D eigenvalue weighted by atomic mass is 10.2. The number of hydrogen-bond donors (Lipinski definition) is 1. The fourth-order valence-corrected chi connectivity index (χ4v) is 4.05. The highest BCUT2D eigenvalue weighted by Gasteiger charge is 2.17. The minimum atomic E-state index is -0.220. The van der Waals surface area contributed by atoms with E-state index >= 15 is 0 Å². The molecule has 0 aliphatic heterocycles. The number of carbonyl (C=O) groups excluding carboxylic acids is 2. The van der Waals surface area contributed by atoms with Crippen molar-refractivity contribution in [2.45, 2.75) is 46.5 Å². The first kappa shape index (κ1) is 24.5. The minimum absolute atomic E-state index is 0.0800. The molecular formula is C22H26ClN5O2S. The number of nitrogens with one attached hydrogen (secondary N) is 1. The van der Waals surface area contributed by atoms with E-state index < -0.39 is 0 Å². The summed E-state index contributed by atoms with van der Waals surface area (Å²) in [7, 11) is 0. The molecule has 0 saturated heterocycles. The van der Waals surface area contributed by atoms with Crippen molar-refractivity contribution in [2.24, 2.45) is 10.2 Å². The normalized spacial score (nSPS) is 10.8. The van der Waals surface area contributed by atoms with E-state index in [-0.39, 0.29) is 26.4 Å². The van der Waals surface area contributed by atoms with Crippen LogP contribution in [0.25, 0.3) is 0 Å². The molecule has 1 aromatic carbocycles.